The molecule has 1 aromatic heterocycles. The summed E-state index contributed by atoms with van der Waals surface area (Å²) in [7, 11) is 0. The Morgan fingerprint density at radius 2 is 2.56 bits per heavy atom. The van der Waals surface area contributed by atoms with Crippen molar-refractivity contribution < 1.29 is 4.74 Å². The fourth-order valence-corrected chi connectivity index (χ4v) is 2.74. The van der Waals surface area contributed by atoms with Crippen molar-refractivity contribution in [1.82, 2.24) is 4.98 Å². The third kappa shape index (κ3) is 3.39. The van der Waals surface area contributed by atoms with Crippen LogP contribution in [0.25, 0.3) is 0 Å². The SMILES string of the molecule is CCNc1cc(SCC2CCCO2)ccn1. The van der Waals surface area contributed by atoms with Crippen LogP contribution in [0.5, 0.6) is 0 Å². The van der Waals surface area contributed by atoms with Gasteiger partial charge in [-0.1, -0.05) is 0 Å². The highest BCUT2D eigenvalue weighted by molar-refractivity contribution is 7.99. The van der Waals surface area contributed by atoms with E-state index in [0.29, 0.717) is 6.10 Å². The van der Waals surface area contributed by atoms with Crippen molar-refractivity contribution in [1.29, 1.82) is 0 Å². The van der Waals surface area contributed by atoms with E-state index in [2.05, 4.69) is 29.4 Å². The summed E-state index contributed by atoms with van der Waals surface area (Å²) in [5.41, 5.74) is 0. The molecule has 1 atom stereocenters. The van der Waals surface area contributed by atoms with Crippen LogP contribution in [0.2, 0.25) is 0 Å². The largest absolute Gasteiger partial charge is 0.377 e. The van der Waals surface area contributed by atoms with E-state index in [1.165, 1.54) is 17.7 Å². The normalized spacial score (nSPS) is 19.9. The van der Waals surface area contributed by atoms with Crippen LogP contribution in [-0.4, -0.2) is 30.0 Å². The molecule has 3 nitrogen and oxygen atoms in total. The highest BCUT2D eigenvalue weighted by atomic mass is 32.2. The van der Waals surface area contributed by atoms with Crippen molar-refractivity contribution in [3.8, 4) is 0 Å². The molecule has 1 unspecified atom stereocenters. The van der Waals surface area contributed by atoms with Gasteiger partial charge in [-0.2, -0.15) is 0 Å². The molecule has 0 radical (unpaired) electrons. The summed E-state index contributed by atoms with van der Waals surface area (Å²) >= 11 is 1.85. The van der Waals surface area contributed by atoms with Gasteiger partial charge in [0.25, 0.3) is 0 Å². The molecule has 1 aromatic rings. The van der Waals surface area contributed by atoms with Crippen molar-refractivity contribution in [3.05, 3.63) is 18.3 Å². The number of hydrogen-bond acceptors (Lipinski definition) is 4. The standard InChI is InChI=1S/C12H18N2OS/c1-2-13-12-8-11(5-6-14-12)16-9-10-4-3-7-15-10/h5-6,8,10H,2-4,7,9H2,1H3,(H,13,14). The topological polar surface area (TPSA) is 34.1 Å². The molecule has 2 rings (SSSR count). The van der Waals surface area contributed by atoms with Gasteiger partial charge in [-0.3, -0.25) is 0 Å². The third-order valence-electron chi connectivity index (χ3n) is 2.55. The Balaban J connectivity index is 1.85. The number of pyridine rings is 1. The lowest BCUT2D eigenvalue weighted by molar-refractivity contribution is 0.129. The molecule has 0 bridgehead atoms. The number of thioether (sulfide) groups is 1. The smallest absolute Gasteiger partial charge is 0.126 e. The van der Waals surface area contributed by atoms with Gasteiger partial charge in [0.1, 0.15) is 5.82 Å². The molecule has 1 aliphatic heterocycles. The summed E-state index contributed by atoms with van der Waals surface area (Å²) in [6.45, 7) is 3.92. The van der Waals surface area contributed by atoms with Crippen LogP contribution in [0, 0.1) is 0 Å². The molecule has 16 heavy (non-hydrogen) atoms. The quantitative estimate of drug-likeness (QED) is 0.800. The fourth-order valence-electron chi connectivity index (χ4n) is 1.74. The molecule has 2 heterocycles. The van der Waals surface area contributed by atoms with Crippen LogP contribution in [-0.2, 0) is 4.74 Å². The number of nitrogens with zero attached hydrogens (tertiary/aromatic N) is 1. The maximum absolute atomic E-state index is 5.60. The molecule has 0 amide bonds. The first kappa shape index (κ1) is 11.7. The van der Waals surface area contributed by atoms with Crippen LogP contribution in [0.15, 0.2) is 23.2 Å². The average Bonchev–Trinajstić information content (AvgIpc) is 2.80. The van der Waals surface area contributed by atoms with Gasteiger partial charge in [-0.25, -0.2) is 4.98 Å². The second-order valence-electron chi connectivity index (χ2n) is 3.85. The zero-order valence-electron chi connectivity index (χ0n) is 9.61. The molecular formula is C12H18N2OS. The third-order valence-corrected chi connectivity index (χ3v) is 3.67. The van der Waals surface area contributed by atoms with Crippen molar-refractivity contribution in [2.45, 2.75) is 30.8 Å². The molecule has 0 saturated carbocycles. The lowest BCUT2D eigenvalue weighted by Gasteiger charge is -2.09. The maximum atomic E-state index is 5.60. The Hall–Kier alpha value is -0.740. The Kier molecular flexibility index (Phi) is 4.48. The second-order valence-corrected chi connectivity index (χ2v) is 4.95. The number of aromatic nitrogens is 1. The summed E-state index contributed by atoms with van der Waals surface area (Å²) in [6, 6.07) is 4.16. The first-order valence-electron chi connectivity index (χ1n) is 5.83. The van der Waals surface area contributed by atoms with Crippen LogP contribution >= 0.6 is 11.8 Å². The Labute approximate surface area is 101 Å². The van der Waals surface area contributed by atoms with Gasteiger partial charge in [0.05, 0.1) is 6.10 Å². The van der Waals surface area contributed by atoms with E-state index < -0.39 is 0 Å². The Bertz CT molecular complexity index is 327. The van der Waals surface area contributed by atoms with Crippen molar-refractivity contribution >= 4 is 17.6 Å². The van der Waals surface area contributed by atoms with E-state index in [1.54, 1.807) is 0 Å². The van der Waals surface area contributed by atoms with Crippen molar-refractivity contribution in [2.75, 3.05) is 24.2 Å². The molecule has 1 N–H and O–H groups in total. The highest BCUT2D eigenvalue weighted by Crippen LogP contribution is 2.24. The van der Waals surface area contributed by atoms with Gasteiger partial charge in [0.15, 0.2) is 0 Å². The molecule has 4 heteroatoms. The summed E-state index contributed by atoms with van der Waals surface area (Å²) in [4.78, 5) is 5.52. The highest BCUT2D eigenvalue weighted by Gasteiger charge is 2.15. The van der Waals surface area contributed by atoms with Crippen molar-refractivity contribution in [2.24, 2.45) is 0 Å². The molecule has 0 spiro atoms. The molecule has 1 fully saturated rings. The van der Waals surface area contributed by atoms with Crippen molar-refractivity contribution in [3.63, 3.8) is 0 Å². The van der Waals surface area contributed by atoms with Crippen LogP contribution in [0.1, 0.15) is 19.8 Å². The Morgan fingerprint density at radius 3 is 3.31 bits per heavy atom. The lowest BCUT2D eigenvalue weighted by Crippen LogP contribution is -2.07. The summed E-state index contributed by atoms with van der Waals surface area (Å²) in [6.07, 6.45) is 4.72. The van der Waals surface area contributed by atoms with Gasteiger partial charge in [-0.05, 0) is 31.9 Å². The zero-order chi connectivity index (χ0) is 11.2. The average molecular weight is 238 g/mol. The predicted octanol–water partition coefficient (Wildman–Crippen LogP) is 2.78. The van der Waals surface area contributed by atoms with E-state index >= 15 is 0 Å². The van der Waals surface area contributed by atoms with Gasteiger partial charge in [0.2, 0.25) is 0 Å². The van der Waals surface area contributed by atoms with E-state index in [-0.39, 0.29) is 0 Å². The summed E-state index contributed by atoms with van der Waals surface area (Å²) in [5, 5.41) is 3.22. The van der Waals surface area contributed by atoms with Crippen LogP contribution in [0.3, 0.4) is 0 Å². The fraction of sp³-hybridized carbons (Fsp3) is 0.583. The summed E-state index contributed by atoms with van der Waals surface area (Å²) in [5.74, 6) is 2.01. The second kappa shape index (κ2) is 6.11. The van der Waals surface area contributed by atoms with E-state index in [9.17, 15) is 0 Å². The number of nitrogens with one attached hydrogen (secondary N) is 1. The monoisotopic (exact) mass is 238 g/mol. The minimum absolute atomic E-state index is 0.445. The Morgan fingerprint density at radius 1 is 1.62 bits per heavy atom. The van der Waals surface area contributed by atoms with Crippen LogP contribution in [0.4, 0.5) is 5.82 Å². The molecule has 88 valence electrons. The molecule has 1 aliphatic rings. The van der Waals surface area contributed by atoms with E-state index in [4.69, 9.17) is 4.74 Å². The maximum Gasteiger partial charge on any atom is 0.126 e. The number of hydrogen-bond donors (Lipinski definition) is 1. The minimum atomic E-state index is 0.445. The number of rotatable bonds is 5. The van der Waals surface area contributed by atoms with E-state index in [0.717, 1.165) is 24.7 Å². The molecular weight excluding hydrogens is 220 g/mol. The van der Waals surface area contributed by atoms with Gasteiger partial charge in [0, 0.05) is 30.0 Å². The van der Waals surface area contributed by atoms with Gasteiger partial charge in [-0.15, -0.1) is 11.8 Å². The lowest BCUT2D eigenvalue weighted by atomic mass is 10.3. The first-order valence-corrected chi connectivity index (χ1v) is 6.81. The first-order chi connectivity index (χ1) is 7.88. The van der Waals surface area contributed by atoms with Gasteiger partial charge >= 0.3 is 0 Å². The number of anilines is 1. The molecule has 0 aromatic carbocycles. The predicted molar refractivity (Wildman–Crippen MR) is 68.1 cm³/mol. The number of ether oxygens (including phenoxy) is 1. The summed E-state index contributed by atoms with van der Waals surface area (Å²) < 4.78 is 5.60. The van der Waals surface area contributed by atoms with Gasteiger partial charge < -0.3 is 10.1 Å². The molecule has 1 saturated heterocycles. The minimum Gasteiger partial charge on any atom is -0.377 e. The van der Waals surface area contributed by atoms with E-state index in [1.807, 2.05) is 18.0 Å². The molecule has 0 aliphatic carbocycles. The van der Waals surface area contributed by atoms with Crippen LogP contribution < -0.4 is 5.32 Å². The zero-order valence-corrected chi connectivity index (χ0v) is 10.4.